The molecule has 0 heterocycles. The van der Waals surface area contributed by atoms with Crippen molar-refractivity contribution < 1.29 is 9.59 Å². The van der Waals surface area contributed by atoms with Crippen LogP contribution < -0.4 is 16.0 Å². The van der Waals surface area contributed by atoms with Crippen molar-refractivity contribution in [1.82, 2.24) is 20.9 Å². The molecule has 6 nitrogen and oxygen atoms in total. The van der Waals surface area contributed by atoms with Crippen LogP contribution in [0.3, 0.4) is 0 Å². The topological polar surface area (TPSA) is 73.5 Å². The molecule has 0 spiro atoms. The molecule has 0 aliphatic heterocycles. The van der Waals surface area contributed by atoms with E-state index in [1.807, 2.05) is 6.92 Å². The summed E-state index contributed by atoms with van der Waals surface area (Å²) < 4.78 is 0. The third-order valence-corrected chi connectivity index (χ3v) is 2.98. The van der Waals surface area contributed by atoms with Gasteiger partial charge in [-0.25, -0.2) is 4.79 Å². The highest BCUT2D eigenvalue weighted by Gasteiger charge is 2.14. The van der Waals surface area contributed by atoms with E-state index >= 15 is 0 Å². The van der Waals surface area contributed by atoms with Crippen LogP contribution in [0.1, 0.15) is 33.6 Å². The molecule has 19 heavy (non-hydrogen) atoms. The second-order valence-electron chi connectivity index (χ2n) is 4.82. The average Bonchev–Trinajstić information content (AvgIpc) is 2.39. The van der Waals surface area contributed by atoms with Crippen LogP contribution in [0.25, 0.3) is 0 Å². The molecule has 3 N–H and O–H groups in total. The third kappa shape index (κ3) is 7.66. The van der Waals surface area contributed by atoms with Crippen LogP contribution in [0.2, 0.25) is 0 Å². The zero-order valence-corrected chi connectivity index (χ0v) is 12.7. The van der Waals surface area contributed by atoms with Gasteiger partial charge in [-0.3, -0.25) is 4.79 Å². The van der Waals surface area contributed by atoms with E-state index in [9.17, 15) is 9.59 Å². The SMILES string of the molecule is CCC(CC)NC(=O)C(C)NCCNC(=O)N(C)C. The monoisotopic (exact) mass is 272 g/mol. The fourth-order valence-corrected chi connectivity index (χ4v) is 1.53. The first-order valence-electron chi connectivity index (χ1n) is 6.91. The van der Waals surface area contributed by atoms with E-state index in [2.05, 4.69) is 29.8 Å². The Morgan fingerprint density at radius 3 is 2.16 bits per heavy atom. The van der Waals surface area contributed by atoms with Gasteiger partial charge in [0.2, 0.25) is 5.91 Å². The molecule has 0 rings (SSSR count). The van der Waals surface area contributed by atoms with Crippen molar-refractivity contribution in [2.75, 3.05) is 27.2 Å². The first kappa shape index (κ1) is 17.7. The van der Waals surface area contributed by atoms with Crippen LogP contribution in [0.15, 0.2) is 0 Å². The third-order valence-electron chi connectivity index (χ3n) is 2.98. The lowest BCUT2D eigenvalue weighted by Gasteiger charge is -2.19. The highest BCUT2D eigenvalue weighted by Crippen LogP contribution is 1.96. The molecule has 0 aliphatic rings. The van der Waals surface area contributed by atoms with Crippen LogP contribution in [-0.2, 0) is 4.79 Å². The second-order valence-corrected chi connectivity index (χ2v) is 4.82. The summed E-state index contributed by atoms with van der Waals surface area (Å²) in [5, 5.41) is 8.80. The van der Waals surface area contributed by atoms with Gasteiger partial charge in [0, 0.05) is 33.2 Å². The molecule has 112 valence electrons. The number of nitrogens with one attached hydrogen (secondary N) is 3. The molecule has 1 unspecified atom stereocenters. The summed E-state index contributed by atoms with van der Waals surface area (Å²) in [5.74, 6) is 0.00707. The van der Waals surface area contributed by atoms with Crippen LogP contribution >= 0.6 is 0 Å². The van der Waals surface area contributed by atoms with Gasteiger partial charge in [-0.15, -0.1) is 0 Å². The largest absolute Gasteiger partial charge is 0.352 e. The van der Waals surface area contributed by atoms with Gasteiger partial charge < -0.3 is 20.9 Å². The summed E-state index contributed by atoms with van der Waals surface area (Å²) in [4.78, 5) is 24.6. The Morgan fingerprint density at radius 1 is 1.11 bits per heavy atom. The number of carbonyl (C=O) groups excluding carboxylic acids is 2. The molecule has 0 bridgehead atoms. The minimum absolute atomic E-state index is 0.00707. The van der Waals surface area contributed by atoms with Crippen LogP contribution in [0, 0.1) is 0 Å². The zero-order chi connectivity index (χ0) is 14.8. The number of hydrogen-bond acceptors (Lipinski definition) is 3. The van der Waals surface area contributed by atoms with E-state index in [0.29, 0.717) is 13.1 Å². The van der Waals surface area contributed by atoms with Gasteiger partial charge in [0.25, 0.3) is 0 Å². The number of rotatable bonds is 8. The number of amides is 3. The minimum atomic E-state index is -0.253. The van der Waals surface area contributed by atoms with Crippen LogP contribution in [0.4, 0.5) is 4.79 Å². The molecule has 0 aliphatic carbocycles. The summed E-state index contributed by atoms with van der Waals surface area (Å²) in [6.07, 6.45) is 1.88. The molecule has 0 aromatic heterocycles. The standard InChI is InChI=1S/C13H28N4O2/c1-6-11(7-2)16-12(18)10(3)14-8-9-15-13(19)17(4)5/h10-11,14H,6-9H2,1-5H3,(H,15,19)(H,16,18). The molecule has 0 fully saturated rings. The predicted octanol–water partition coefficient (Wildman–Crippen LogP) is 0.541. The van der Waals surface area contributed by atoms with Crippen molar-refractivity contribution in [3.63, 3.8) is 0 Å². The van der Waals surface area contributed by atoms with E-state index in [1.54, 1.807) is 14.1 Å². The summed E-state index contributed by atoms with van der Waals surface area (Å²) in [7, 11) is 3.38. The van der Waals surface area contributed by atoms with Gasteiger partial charge in [0.05, 0.1) is 6.04 Å². The van der Waals surface area contributed by atoms with E-state index in [1.165, 1.54) is 4.90 Å². The van der Waals surface area contributed by atoms with E-state index in [4.69, 9.17) is 0 Å². The smallest absolute Gasteiger partial charge is 0.316 e. The van der Waals surface area contributed by atoms with E-state index in [-0.39, 0.29) is 24.0 Å². The predicted molar refractivity (Wildman–Crippen MR) is 77.1 cm³/mol. The quantitative estimate of drug-likeness (QED) is 0.565. The Kier molecular flexibility index (Phi) is 8.95. The second kappa shape index (κ2) is 9.61. The lowest BCUT2D eigenvalue weighted by molar-refractivity contribution is -0.123. The summed E-state index contributed by atoms with van der Waals surface area (Å²) in [6, 6.07) is -0.141. The van der Waals surface area contributed by atoms with Gasteiger partial charge in [-0.1, -0.05) is 13.8 Å². The Hall–Kier alpha value is -1.30. The molecule has 3 amide bonds. The van der Waals surface area contributed by atoms with Gasteiger partial charge in [0.1, 0.15) is 0 Å². The zero-order valence-electron chi connectivity index (χ0n) is 12.7. The first-order chi connectivity index (χ1) is 8.92. The number of nitrogens with zero attached hydrogens (tertiary/aromatic N) is 1. The van der Waals surface area contributed by atoms with Crippen molar-refractivity contribution in [3.8, 4) is 0 Å². The fraction of sp³-hybridized carbons (Fsp3) is 0.846. The number of hydrogen-bond donors (Lipinski definition) is 3. The summed E-state index contributed by atoms with van der Waals surface area (Å²) in [5.41, 5.74) is 0. The Labute approximate surface area is 116 Å². The maximum absolute atomic E-state index is 11.8. The van der Waals surface area contributed by atoms with Crippen molar-refractivity contribution in [2.45, 2.75) is 45.7 Å². The van der Waals surface area contributed by atoms with Crippen molar-refractivity contribution >= 4 is 11.9 Å². The minimum Gasteiger partial charge on any atom is -0.352 e. The van der Waals surface area contributed by atoms with Crippen LogP contribution in [-0.4, -0.2) is 56.1 Å². The molecular weight excluding hydrogens is 244 g/mol. The van der Waals surface area contributed by atoms with E-state index in [0.717, 1.165) is 12.8 Å². The lowest BCUT2D eigenvalue weighted by Crippen LogP contribution is -2.48. The van der Waals surface area contributed by atoms with Gasteiger partial charge >= 0.3 is 6.03 Å². The highest BCUT2D eigenvalue weighted by molar-refractivity contribution is 5.81. The highest BCUT2D eigenvalue weighted by atomic mass is 16.2. The maximum atomic E-state index is 11.8. The van der Waals surface area contributed by atoms with Crippen molar-refractivity contribution in [1.29, 1.82) is 0 Å². The Bertz CT molecular complexity index is 278. The summed E-state index contributed by atoms with van der Waals surface area (Å²) >= 11 is 0. The number of urea groups is 1. The Balaban J connectivity index is 3.82. The molecule has 6 heteroatoms. The van der Waals surface area contributed by atoms with Crippen molar-refractivity contribution in [2.24, 2.45) is 0 Å². The lowest BCUT2D eigenvalue weighted by atomic mass is 10.1. The van der Waals surface area contributed by atoms with Gasteiger partial charge in [-0.05, 0) is 19.8 Å². The molecule has 1 atom stereocenters. The Morgan fingerprint density at radius 2 is 1.68 bits per heavy atom. The average molecular weight is 272 g/mol. The van der Waals surface area contributed by atoms with Crippen molar-refractivity contribution in [3.05, 3.63) is 0 Å². The summed E-state index contributed by atoms with van der Waals surface area (Å²) in [6.45, 7) is 7.01. The van der Waals surface area contributed by atoms with Gasteiger partial charge in [-0.2, -0.15) is 0 Å². The fourth-order valence-electron chi connectivity index (χ4n) is 1.53. The molecule has 0 saturated heterocycles. The van der Waals surface area contributed by atoms with E-state index < -0.39 is 0 Å². The molecule has 0 aromatic carbocycles. The van der Waals surface area contributed by atoms with Gasteiger partial charge in [0.15, 0.2) is 0 Å². The number of carbonyl (C=O) groups is 2. The molecule has 0 saturated carbocycles. The first-order valence-corrected chi connectivity index (χ1v) is 6.91. The van der Waals surface area contributed by atoms with Crippen LogP contribution in [0.5, 0.6) is 0 Å². The molecular formula is C13H28N4O2. The normalized spacial score (nSPS) is 12.1. The molecule has 0 radical (unpaired) electrons. The maximum Gasteiger partial charge on any atom is 0.316 e. The molecule has 0 aromatic rings.